The van der Waals surface area contributed by atoms with Crippen LogP contribution in [-0.4, -0.2) is 43.4 Å². The number of aromatic nitrogens is 4. The Morgan fingerprint density at radius 3 is 2.87 bits per heavy atom. The second-order valence-corrected chi connectivity index (χ2v) is 6.91. The normalized spacial score (nSPS) is 24.4. The third-order valence-corrected chi connectivity index (χ3v) is 4.68. The minimum absolute atomic E-state index is 0.180. The summed E-state index contributed by atoms with van der Waals surface area (Å²) in [4.78, 5) is 0. The summed E-state index contributed by atoms with van der Waals surface area (Å²) in [6, 6.07) is 0.180. The van der Waals surface area contributed by atoms with Crippen LogP contribution < -0.4 is 5.32 Å². The van der Waals surface area contributed by atoms with Crippen molar-refractivity contribution in [1.29, 1.82) is 0 Å². The van der Waals surface area contributed by atoms with Gasteiger partial charge in [0.05, 0.1) is 23.5 Å². The second kappa shape index (κ2) is 7.47. The smallest absolute Gasteiger partial charge is 0.0785 e. The van der Waals surface area contributed by atoms with Gasteiger partial charge in [-0.05, 0) is 43.7 Å². The first-order valence-corrected chi connectivity index (χ1v) is 8.55. The first kappa shape index (κ1) is 16.5. The minimum Gasteiger partial charge on any atom is -0.391 e. The van der Waals surface area contributed by atoms with E-state index in [1.165, 1.54) is 5.56 Å². The molecular formula is C16H24ClN5O. The molecule has 0 radical (unpaired) electrons. The van der Waals surface area contributed by atoms with Gasteiger partial charge in [-0.25, -0.2) is 0 Å². The molecule has 0 saturated heterocycles. The van der Waals surface area contributed by atoms with Gasteiger partial charge in [0.25, 0.3) is 0 Å². The molecule has 23 heavy (non-hydrogen) atoms. The number of aryl methyl sites for hydroxylation is 2. The number of halogens is 1. The highest BCUT2D eigenvalue weighted by atomic mass is 35.5. The first-order valence-electron chi connectivity index (χ1n) is 8.17. The second-order valence-electron chi connectivity index (χ2n) is 6.47. The lowest BCUT2D eigenvalue weighted by Gasteiger charge is -2.16. The summed E-state index contributed by atoms with van der Waals surface area (Å²) in [5, 5.41) is 22.8. The Hall–Kier alpha value is -1.37. The molecule has 1 unspecified atom stereocenters. The van der Waals surface area contributed by atoms with Crippen molar-refractivity contribution in [3.63, 3.8) is 0 Å². The minimum atomic E-state index is -0.274. The molecule has 0 aromatic carbocycles. The van der Waals surface area contributed by atoms with Crippen molar-refractivity contribution in [2.24, 2.45) is 13.0 Å². The van der Waals surface area contributed by atoms with E-state index in [-0.39, 0.29) is 12.1 Å². The average molecular weight is 338 g/mol. The summed E-state index contributed by atoms with van der Waals surface area (Å²) in [7, 11) is 1.93. The molecule has 3 rings (SSSR count). The lowest BCUT2D eigenvalue weighted by molar-refractivity contribution is 0.146. The van der Waals surface area contributed by atoms with Crippen LogP contribution in [-0.2, 0) is 20.0 Å². The molecule has 0 aliphatic heterocycles. The first-order chi connectivity index (χ1) is 11.1. The number of rotatable bonds is 7. The van der Waals surface area contributed by atoms with Crippen LogP contribution in [0.3, 0.4) is 0 Å². The Bertz CT molecular complexity index is 626. The molecule has 2 aromatic rings. The maximum atomic E-state index is 10.2. The average Bonchev–Trinajstić information content (AvgIpc) is 3.18. The summed E-state index contributed by atoms with van der Waals surface area (Å²) < 4.78 is 3.69. The Morgan fingerprint density at radius 2 is 2.17 bits per heavy atom. The number of nitrogens with one attached hydrogen (secondary N) is 1. The predicted molar refractivity (Wildman–Crippen MR) is 89.3 cm³/mol. The highest BCUT2D eigenvalue weighted by Gasteiger charge is 2.32. The van der Waals surface area contributed by atoms with Gasteiger partial charge in [0.2, 0.25) is 0 Å². The van der Waals surface area contributed by atoms with E-state index in [9.17, 15) is 5.11 Å². The molecule has 6 nitrogen and oxygen atoms in total. The molecule has 2 N–H and O–H groups in total. The van der Waals surface area contributed by atoms with Crippen LogP contribution in [0.25, 0.3) is 0 Å². The van der Waals surface area contributed by atoms with Crippen molar-refractivity contribution in [2.75, 3.05) is 6.54 Å². The zero-order valence-electron chi connectivity index (χ0n) is 13.4. The monoisotopic (exact) mass is 337 g/mol. The van der Waals surface area contributed by atoms with E-state index < -0.39 is 0 Å². The maximum Gasteiger partial charge on any atom is 0.0785 e. The lowest BCUT2D eigenvalue weighted by atomic mass is 10.1. The fourth-order valence-corrected chi connectivity index (χ4v) is 3.53. The maximum absolute atomic E-state index is 10.2. The van der Waals surface area contributed by atoms with E-state index in [1.54, 1.807) is 6.20 Å². The number of hydrogen-bond acceptors (Lipinski definition) is 4. The van der Waals surface area contributed by atoms with Crippen LogP contribution >= 0.6 is 11.6 Å². The summed E-state index contributed by atoms with van der Waals surface area (Å²) >= 11 is 5.89. The van der Waals surface area contributed by atoms with Crippen molar-refractivity contribution in [1.82, 2.24) is 24.9 Å². The van der Waals surface area contributed by atoms with Gasteiger partial charge in [0, 0.05) is 32.0 Å². The number of aliphatic hydroxyl groups is 1. The van der Waals surface area contributed by atoms with Crippen LogP contribution in [0.2, 0.25) is 5.02 Å². The fraction of sp³-hybridized carbons (Fsp3) is 0.625. The predicted octanol–water partition coefficient (Wildman–Crippen LogP) is 1.63. The zero-order valence-corrected chi connectivity index (χ0v) is 14.2. The summed E-state index contributed by atoms with van der Waals surface area (Å²) in [6.45, 7) is 1.73. The lowest BCUT2D eigenvalue weighted by Crippen LogP contribution is -2.36. The van der Waals surface area contributed by atoms with Gasteiger partial charge in [0.15, 0.2) is 0 Å². The van der Waals surface area contributed by atoms with Gasteiger partial charge in [-0.15, -0.1) is 0 Å². The van der Waals surface area contributed by atoms with Gasteiger partial charge in [0.1, 0.15) is 0 Å². The van der Waals surface area contributed by atoms with Crippen molar-refractivity contribution in [2.45, 2.75) is 44.4 Å². The molecule has 7 heteroatoms. The van der Waals surface area contributed by atoms with E-state index in [1.807, 2.05) is 28.8 Å². The standard InChI is InChI=1S/C16H24ClN5O/c1-21-9-12(7-19-21)3-2-4-18-15-5-13(6-16(15)23)10-22-11-14(17)8-20-22/h7-9,11,13,15-16,18,23H,2-6,10H2,1H3/t13?,15-,16-/m1/s1. The SMILES string of the molecule is Cn1cc(CCCN[C@@H]2CC(Cn3cc(Cl)cn3)C[C@H]2O)cn1. The molecule has 2 heterocycles. The molecule has 0 spiro atoms. The molecule has 0 bridgehead atoms. The Labute approximate surface area is 141 Å². The zero-order chi connectivity index (χ0) is 16.2. The number of hydrogen-bond donors (Lipinski definition) is 2. The number of aliphatic hydroxyl groups excluding tert-OH is 1. The van der Waals surface area contributed by atoms with Crippen LogP contribution in [0.4, 0.5) is 0 Å². The quantitative estimate of drug-likeness (QED) is 0.754. The van der Waals surface area contributed by atoms with Gasteiger partial charge in [-0.1, -0.05) is 11.6 Å². The third kappa shape index (κ3) is 4.56. The Kier molecular flexibility index (Phi) is 5.35. The van der Waals surface area contributed by atoms with Crippen molar-refractivity contribution in [3.05, 3.63) is 35.4 Å². The molecule has 1 saturated carbocycles. The van der Waals surface area contributed by atoms with Gasteiger partial charge in [-0.3, -0.25) is 9.36 Å². The van der Waals surface area contributed by atoms with Gasteiger partial charge in [-0.2, -0.15) is 10.2 Å². The van der Waals surface area contributed by atoms with Crippen molar-refractivity contribution in [3.8, 4) is 0 Å². The van der Waals surface area contributed by atoms with Crippen molar-refractivity contribution < 1.29 is 5.11 Å². The Balaban J connectivity index is 1.38. The largest absolute Gasteiger partial charge is 0.391 e. The molecule has 0 amide bonds. The molecule has 3 atom stereocenters. The van der Waals surface area contributed by atoms with Crippen LogP contribution in [0, 0.1) is 5.92 Å². The van der Waals surface area contributed by atoms with E-state index in [0.29, 0.717) is 10.9 Å². The van der Waals surface area contributed by atoms with Crippen molar-refractivity contribution >= 4 is 11.6 Å². The Morgan fingerprint density at radius 1 is 1.30 bits per heavy atom. The highest BCUT2D eigenvalue weighted by molar-refractivity contribution is 6.30. The van der Waals surface area contributed by atoms with E-state index in [2.05, 4.69) is 21.7 Å². The number of nitrogens with zero attached hydrogens (tertiary/aromatic N) is 4. The molecule has 126 valence electrons. The fourth-order valence-electron chi connectivity index (χ4n) is 3.37. The summed E-state index contributed by atoms with van der Waals surface area (Å²) in [6.07, 6.45) is 11.0. The third-order valence-electron chi connectivity index (χ3n) is 4.48. The van der Waals surface area contributed by atoms with E-state index >= 15 is 0 Å². The summed E-state index contributed by atoms with van der Waals surface area (Å²) in [5.41, 5.74) is 1.26. The van der Waals surface area contributed by atoms with E-state index in [4.69, 9.17) is 11.6 Å². The molecule has 1 aliphatic rings. The summed E-state index contributed by atoms with van der Waals surface area (Å²) in [5.74, 6) is 0.441. The van der Waals surface area contributed by atoms with E-state index in [0.717, 1.165) is 38.8 Å². The van der Waals surface area contributed by atoms with Crippen LogP contribution in [0.1, 0.15) is 24.8 Å². The highest BCUT2D eigenvalue weighted by Crippen LogP contribution is 2.27. The molecule has 1 fully saturated rings. The van der Waals surface area contributed by atoms with Gasteiger partial charge >= 0.3 is 0 Å². The molecule has 1 aliphatic carbocycles. The van der Waals surface area contributed by atoms with Crippen LogP contribution in [0.15, 0.2) is 24.8 Å². The topological polar surface area (TPSA) is 67.9 Å². The van der Waals surface area contributed by atoms with Gasteiger partial charge < -0.3 is 10.4 Å². The molecule has 2 aromatic heterocycles. The molecular weight excluding hydrogens is 314 g/mol. The van der Waals surface area contributed by atoms with Crippen LogP contribution in [0.5, 0.6) is 0 Å².